The summed E-state index contributed by atoms with van der Waals surface area (Å²) in [6, 6.07) is 15.2. The third-order valence-corrected chi connectivity index (χ3v) is 4.55. The van der Waals surface area contributed by atoms with Crippen LogP contribution in [0.3, 0.4) is 0 Å². The van der Waals surface area contributed by atoms with Crippen molar-refractivity contribution in [3.63, 3.8) is 0 Å². The SMILES string of the molecule is NC(=O)c1cc2[nH]c3ccccc3c2[n+](-c2ccc([N+](=O)[O-])cc2)c1N.O=C([O-])C(F)(F)F. The van der Waals surface area contributed by atoms with Crippen molar-refractivity contribution in [2.24, 2.45) is 5.73 Å². The number of carbonyl (C=O) groups is 2. The number of benzene rings is 2. The number of carboxylic acids is 1. The van der Waals surface area contributed by atoms with Gasteiger partial charge < -0.3 is 20.6 Å². The van der Waals surface area contributed by atoms with Crippen LogP contribution in [0, 0.1) is 10.1 Å². The Morgan fingerprint density at radius 3 is 2.12 bits per heavy atom. The van der Waals surface area contributed by atoms with Crippen molar-refractivity contribution in [3.05, 3.63) is 70.3 Å². The Kier molecular flexibility index (Phi) is 5.89. The quantitative estimate of drug-likeness (QED) is 0.237. The number of carbonyl (C=O) groups excluding carboxylic acids is 2. The molecule has 170 valence electrons. The van der Waals surface area contributed by atoms with Gasteiger partial charge >= 0.3 is 6.18 Å². The number of nitro groups is 1. The lowest BCUT2D eigenvalue weighted by atomic mass is 10.1. The van der Waals surface area contributed by atoms with Gasteiger partial charge in [-0.3, -0.25) is 20.6 Å². The number of hydrogen-bond donors (Lipinski definition) is 3. The van der Waals surface area contributed by atoms with E-state index in [1.54, 1.807) is 22.8 Å². The number of aromatic amines is 1. The van der Waals surface area contributed by atoms with E-state index in [1.165, 1.54) is 12.1 Å². The first-order chi connectivity index (χ1) is 15.4. The van der Waals surface area contributed by atoms with E-state index >= 15 is 0 Å². The molecule has 0 radical (unpaired) electrons. The number of hydrogen-bond acceptors (Lipinski definition) is 6. The van der Waals surface area contributed by atoms with E-state index in [1.807, 2.05) is 24.3 Å². The Balaban J connectivity index is 0.000000383. The summed E-state index contributed by atoms with van der Waals surface area (Å²) in [6.07, 6.45) is -5.19. The number of primary amides is 1. The first-order valence-electron chi connectivity index (χ1n) is 8.99. The molecule has 0 atom stereocenters. The number of pyridine rings is 1. The van der Waals surface area contributed by atoms with Gasteiger partial charge in [-0.15, -0.1) is 0 Å². The van der Waals surface area contributed by atoms with Crippen LogP contribution in [0.2, 0.25) is 0 Å². The number of nitrogens with one attached hydrogen (secondary N) is 1. The second kappa shape index (κ2) is 8.45. The fourth-order valence-corrected chi connectivity index (χ4v) is 3.14. The smallest absolute Gasteiger partial charge is 0.430 e. The number of fused-ring (bicyclic) bond motifs is 3. The molecule has 10 nitrogen and oxygen atoms in total. The molecular weight excluding hydrogens is 447 g/mol. The monoisotopic (exact) mass is 461 g/mol. The lowest BCUT2D eigenvalue weighted by Gasteiger charge is -2.08. The Hall–Kier alpha value is -4.68. The summed E-state index contributed by atoms with van der Waals surface area (Å²) in [5.41, 5.74) is 14.8. The number of alkyl halides is 3. The number of aromatic nitrogens is 2. The average molecular weight is 461 g/mol. The zero-order valence-corrected chi connectivity index (χ0v) is 16.4. The number of amides is 1. The van der Waals surface area contributed by atoms with Gasteiger partial charge in [0.25, 0.3) is 17.4 Å². The first kappa shape index (κ1) is 23.0. The van der Waals surface area contributed by atoms with E-state index in [-0.39, 0.29) is 17.1 Å². The molecule has 13 heteroatoms. The molecule has 0 fully saturated rings. The van der Waals surface area contributed by atoms with E-state index in [4.69, 9.17) is 21.4 Å². The number of nitrogens with two attached hydrogens (primary N) is 2. The summed E-state index contributed by atoms with van der Waals surface area (Å²) in [5.74, 6) is -3.49. The van der Waals surface area contributed by atoms with E-state index in [0.717, 1.165) is 16.4 Å². The number of para-hydroxylation sites is 1. The number of nitro benzene ring substituents is 1. The number of H-pyrrole nitrogens is 1. The van der Waals surface area contributed by atoms with Crippen molar-refractivity contribution in [1.82, 2.24) is 4.98 Å². The van der Waals surface area contributed by atoms with E-state index in [9.17, 15) is 28.1 Å². The van der Waals surface area contributed by atoms with Crippen molar-refractivity contribution in [2.75, 3.05) is 5.73 Å². The molecule has 0 saturated carbocycles. The van der Waals surface area contributed by atoms with Gasteiger partial charge in [0.05, 0.1) is 16.0 Å². The van der Waals surface area contributed by atoms with Crippen molar-refractivity contribution in [3.8, 4) is 5.69 Å². The third-order valence-electron chi connectivity index (χ3n) is 4.55. The average Bonchev–Trinajstić information content (AvgIpc) is 3.11. The summed E-state index contributed by atoms with van der Waals surface area (Å²) in [4.78, 5) is 34.3. The van der Waals surface area contributed by atoms with Gasteiger partial charge in [-0.1, -0.05) is 12.1 Å². The van der Waals surface area contributed by atoms with Crippen molar-refractivity contribution in [1.29, 1.82) is 0 Å². The fourth-order valence-electron chi connectivity index (χ4n) is 3.14. The molecule has 0 spiro atoms. The predicted molar refractivity (Wildman–Crippen MR) is 108 cm³/mol. The van der Waals surface area contributed by atoms with Crippen LogP contribution in [0.5, 0.6) is 0 Å². The molecule has 4 aromatic rings. The molecule has 0 aliphatic rings. The third kappa shape index (κ3) is 4.51. The summed E-state index contributed by atoms with van der Waals surface area (Å²) >= 11 is 0. The van der Waals surface area contributed by atoms with Gasteiger partial charge in [0.1, 0.15) is 17.2 Å². The van der Waals surface area contributed by atoms with Gasteiger partial charge in [0.15, 0.2) is 5.52 Å². The molecule has 33 heavy (non-hydrogen) atoms. The van der Waals surface area contributed by atoms with Crippen molar-refractivity contribution < 1.29 is 37.4 Å². The molecule has 0 bridgehead atoms. The number of halogens is 3. The molecule has 0 unspecified atom stereocenters. The molecule has 5 N–H and O–H groups in total. The predicted octanol–water partition coefficient (Wildman–Crippen LogP) is 1.49. The second-order valence-corrected chi connectivity index (χ2v) is 6.63. The highest BCUT2D eigenvalue weighted by molar-refractivity contribution is 6.06. The minimum Gasteiger partial charge on any atom is -0.542 e. The van der Waals surface area contributed by atoms with Gasteiger partial charge in [0.2, 0.25) is 0 Å². The summed E-state index contributed by atoms with van der Waals surface area (Å²) in [7, 11) is 0. The first-order valence-corrected chi connectivity index (χ1v) is 8.99. The van der Waals surface area contributed by atoms with Crippen LogP contribution in [-0.2, 0) is 4.79 Å². The van der Waals surface area contributed by atoms with Crippen LogP contribution >= 0.6 is 0 Å². The molecule has 0 aliphatic heterocycles. The zero-order chi connectivity index (χ0) is 24.5. The number of nitrogens with zero attached hydrogens (tertiary/aromatic N) is 2. The summed E-state index contributed by atoms with van der Waals surface area (Å²) < 4.78 is 33.2. The topological polar surface area (TPSA) is 172 Å². The lowest BCUT2D eigenvalue weighted by Crippen LogP contribution is -2.37. The Bertz CT molecular complexity index is 1400. The molecule has 1 amide bonds. The van der Waals surface area contributed by atoms with E-state index in [0.29, 0.717) is 11.2 Å². The lowest BCUT2D eigenvalue weighted by molar-refractivity contribution is -0.550. The highest BCUT2D eigenvalue weighted by Gasteiger charge is 2.29. The molecule has 2 aromatic heterocycles. The maximum absolute atomic E-state index is 11.8. The molecule has 2 heterocycles. The van der Waals surface area contributed by atoms with Gasteiger partial charge in [-0.2, -0.15) is 17.7 Å². The van der Waals surface area contributed by atoms with Crippen LogP contribution in [0.4, 0.5) is 24.7 Å². The molecular formula is C20H14F3N5O5. The minimum absolute atomic E-state index is 0.0332. The normalized spacial score (nSPS) is 11.1. The Morgan fingerprint density at radius 1 is 1.03 bits per heavy atom. The standard InChI is InChI=1S/C18H13N5O3.C2HF3O2/c19-17-13(18(20)24)9-15-16(12-3-1-2-4-14(12)21-15)22(17)10-5-7-11(8-6-10)23(25)26;3-2(4,5)1(6)7/h1-9H,(H4,19,20,21,24);(H,6,7). The molecule has 2 aromatic carbocycles. The number of anilines is 1. The van der Waals surface area contributed by atoms with Gasteiger partial charge in [0, 0.05) is 17.5 Å². The number of nitrogen functional groups attached to an aromatic ring is 1. The van der Waals surface area contributed by atoms with Crippen molar-refractivity contribution in [2.45, 2.75) is 6.18 Å². The second-order valence-electron chi connectivity index (χ2n) is 6.63. The van der Waals surface area contributed by atoms with Crippen LogP contribution in [-0.4, -0.2) is 28.0 Å². The highest BCUT2D eigenvalue weighted by atomic mass is 19.4. The van der Waals surface area contributed by atoms with Crippen LogP contribution < -0.4 is 21.1 Å². The minimum atomic E-state index is -5.19. The number of carboxylic acid groups (broad SMARTS) is 1. The Morgan fingerprint density at radius 2 is 1.61 bits per heavy atom. The maximum atomic E-state index is 11.8. The van der Waals surface area contributed by atoms with Crippen LogP contribution in [0.25, 0.3) is 27.6 Å². The van der Waals surface area contributed by atoms with E-state index in [2.05, 4.69) is 4.98 Å². The largest absolute Gasteiger partial charge is 0.542 e. The van der Waals surface area contributed by atoms with Crippen molar-refractivity contribution >= 4 is 45.3 Å². The van der Waals surface area contributed by atoms with Gasteiger partial charge in [-0.25, -0.2) is 0 Å². The fraction of sp³-hybridized carbons (Fsp3) is 0.0500. The number of aliphatic carboxylic acids is 1. The summed E-state index contributed by atoms with van der Waals surface area (Å²) in [6.45, 7) is 0. The maximum Gasteiger partial charge on any atom is 0.430 e. The highest BCUT2D eigenvalue weighted by Crippen LogP contribution is 2.27. The zero-order valence-electron chi connectivity index (χ0n) is 16.4. The number of non-ortho nitro benzene ring substituents is 1. The van der Waals surface area contributed by atoms with Crippen LogP contribution in [0.1, 0.15) is 10.4 Å². The summed E-state index contributed by atoms with van der Waals surface area (Å²) in [5, 5.41) is 20.6. The van der Waals surface area contributed by atoms with Crippen LogP contribution in [0.15, 0.2) is 54.6 Å². The molecule has 0 saturated heterocycles. The Labute approximate surface area is 182 Å². The number of rotatable bonds is 3. The molecule has 4 rings (SSSR count). The molecule has 0 aliphatic carbocycles. The van der Waals surface area contributed by atoms with Gasteiger partial charge in [-0.05, 0) is 30.3 Å². The van der Waals surface area contributed by atoms with E-state index < -0.39 is 23.0 Å².